The highest BCUT2D eigenvalue weighted by Gasteiger charge is 2.35. The smallest absolute Gasteiger partial charge is 0.408 e. The Morgan fingerprint density at radius 3 is 2.63 bits per heavy atom. The lowest BCUT2D eigenvalue weighted by Gasteiger charge is -2.23. The van der Waals surface area contributed by atoms with Crippen LogP contribution in [-0.4, -0.2) is 59.1 Å². The number of carbonyl (C=O) groups excluding carboxylic acids is 3. The SMILES string of the molecule is CC(C)(C)OC(=O)NCC(=O)N1CCC(O)C1C=O. The standard InChI is InChI=1S/C12H20N2O5/c1-12(2,3)19-11(18)13-6-10(17)14-5-4-9(16)8(14)7-15/h7-9,16H,4-6H2,1-3H3,(H,13,18). The summed E-state index contributed by atoms with van der Waals surface area (Å²) in [6.07, 6.45) is -0.615. The highest BCUT2D eigenvalue weighted by atomic mass is 16.6. The second-order valence-electron chi connectivity index (χ2n) is 5.43. The molecule has 0 spiro atoms. The van der Waals surface area contributed by atoms with E-state index < -0.39 is 29.7 Å². The van der Waals surface area contributed by atoms with Crippen molar-refractivity contribution in [3.63, 3.8) is 0 Å². The minimum Gasteiger partial charge on any atom is -0.444 e. The zero-order valence-electron chi connectivity index (χ0n) is 11.4. The third kappa shape index (κ3) is 4.51. The maximum absolute atomic E-state index is 11.8. The minimum atomic E-state index is -0.831. The molecule has 1 saturated heterocycles. The normalized spacial score (nSPS) is 23.1. The zero-order chi connectivity index (χ0) is 14.6. The molecule has 2 N–H and O–H groups in total. The maximum atomic E-state index is 11.8. The van der Waals surface area contributed by atoms with Crippen LogP contribution in [0.15, 0.2) is 0 Å². The molecule has 7 nitrogen and oxygen atoms in total. The van der Waals surface area contributed by atoms with E-state index >= 15 is 0 Å². The Balaban J connectivity index is 2.44. The van der Waals surface area contributed by atoms with E-state index in [9.17, 15) is 19.5 Å². The fourth-order valence-electron chi connectivity index (χ4n) is 1.82. The van der Waals surface area contributed by atoms with Gasteiger partial charge in [-0.15, -0.1) is 0 Å². The van der Waals surface area contributed by atoms with Gasteiger partial charge in [0, 0.05) is 6.54 Å². The summed E-state index contributed by atoms with van der Waals surface area (Å²) in [7, 11) is 0. The fourth-order valence-corrected chi connectivity index (χ4v) is 1.82. The Morgan fingerprint density at radius 2 is 2.11 bits per heavy atom. The largest absolute Gasteiger partial charge is 0.444 e. The number of hydrogen-bond acceptors (Lipinski definition) is 5. The summed E-state index contributed by atoms with van der Waals surface area (Å²) in [6.45, 7) is 5.19. The lowest BCUT2D eigenvalue weighted by Crippen LogP contribution is -2.46. The quantitative estimate of drug-likeness (QED) is 0.686. The molecule has 1 aliphatic rings. The van der Waals surface area contributed by atoms with E-state index in [2.05, 4.69) is 5.32 Å². The molecule has 1 rings (SSSR count). The number of nitrogens with one attached hydrogen (secondary N) is 1. The lowest BCUT2D eigenvalue weighted by atomic mass is 10.2. The van der Waals surface area contributed by atoms with Crippen LogP contribution in [-0.2, 0) is 14.3 Å². The van der Waals surface area contributed by atoms with Crippen molar-refractivity contribution in [1.29, 1.82) is 0 Å². The first-order chi connectivity index (χ1) is 8.74. The van der Waals surface area contributed by atoms with Crippen LogP contribution in [0, 0.1) is 0 Å². The van der Waals surface area contributed by atoms with Crippen LogP contribution in [0.1, 0.15) is 27.2 Å². The van der Waals surface area contributed by atoms with Crippen LogP contribution in [0.5, 0.6) is 0 Å². The minimum absolute atomic E-state index is 0.258. The highest BCUT2D eigenvalue weighted by molar-refractivity contribution is 5.85. The molecule has 0 aromatic heterocycles. The third-order valence-electron chi connectivity index (χ3n) is 2.66. The third-order valence-corrected chi connectivity index (χ3v) is 2.66. The second kappa shape index (κ2) is 6.01. The number of rotatable bonds is 3. The number of carbonyl (C=O) groups is 3. The Hall–Kier alpha value is -1.63. The summed E-state index contributed by atoms with van der Waals surface area (Å²) in [5.41, 5.74) is -0.637. The molecule has 7 heteroatoms. The molecule has 19 heavy (non-hydrogen) atoms. The number of aldehydes is 1. The average Bonchev–Trinajstić information content (AvgIpc) is 2.65. The van der Waals surface area contributed by atoms with Gasteiger partial charge in [0.1, 0.15) is 24.5 Å². The van der Waals surface area contributed by atoms with Gasteiger partial charge in [0.25, 0.3) is 0 Å². The van der Waals surface area contributed by atoms with E-state index in [0.29, 0.717) is 19.3 Å². The molecule has 0 saturated carbocycles. The number of ether oxygens (including phenoxy) is 1. The number of hydrogen-bond donors (Lipinski definition) is 2. The van der Waals surface area contributed by atoms with E-state index in [1.807, 2.05) is 0 Å². The van der Waals surface area contributed by atoms with Crippen molar-refractivity contribution >= 4 is 18.3 Å². The topological polar surface area (TPSA) is 95.9 Å². The Morgan fingerprint density at radius 1 is 1.47 bits per heavy atom. The number of amides is 2. The summed E-state index contributed by atoms with van der Waals surface area (Å²) < 4.78 is 4.99. The van der Waals surface area contributed by atoms with Crippen LogP contribution in [0.4, 0.5) is 4.79 Å². The fraction of sp³-hybridized carbons (Fsp3) is 0.750. The van der Waals surface area contributed by atoms with Gasteiger partial charge in [-0.05, 0) is 27.2 Å². The van der Waals surface area contributed by atoms with Gasteiger partial charge in [0.2, 0.25) is 5.91 Å². The molecule has 2 amide bonds. The predicted octanol–water partition coefficient (Wildman–Crippen LogP) is -0.328. The lowest BCUT2D eigenvalue weighted by molar-refractivity contribution is -0.135. The van der Waals surface area contributed by atoms with E-state index in [4.69, 9.17) is 4.74 Å². The van der Waals surface area contributed by atoms with Gasteiger partial charge in [-0.2, -0.15) is 0 Å². The Kier molecular flexibility index (Phi) is 4.88. The van der Waals surface area contributed by atoms with Crippen LogP contribution in [0.25, 0.3) is 0 Å². The van der Waals surface area contributed by atoms with Crippen molar-refractivity contribution in [3.8, 4) is 0 Å². The van der Waals surface area contributed by atoms with Gasteiger partial charge in [0.05, 0.1) is 6.10 Å². The van der Waals surface area contributed by atoms with Crippen LogP contribution in [0.2, 0.25) is 0 Å². The highest BCUT2D eigenvalue weighted by Crippen LogP contribution is 2.16. The summed E-state index contributed by atoms with van der Waals surface area (Å²) in [6, 6.07) is -0.826. The van der Waals surface area contributed by atoms with Gasteiger partial charge in [0.15, 0.2) is 0 Å². The van der Waals surface area contributed by atoms with Gasteiger partial charge >= 0.3 is 6.09 Å². The van der Waals surface area contributed by atoms with E-state index in [-0.39, 0.29) is 6.54 Å². The number of aliphatic hydroxyl groups excluding tert-OH is 1. The molecule has 0 bridgehead atoms. The summed E-state index contributed by atoms with van der Waals surface area (Å²) >= 11 is 0. The van der Waals surface area contributed by atoms with E-state index in [1.165, 1.54) is 4.90 Å². The molecule has 0 aromatic rings. The van der Waals surface area contributed by atoms with Gasteiger partial charge in [-0.25, -0.2) is 4.79 Å². The predicted molar refractivity (Wildman–Crippen MR) is 66.4 cm³/mol. The van der Waals surface area contributed by atoms with Crippen LogP contribution >= 0.6 is 0 Å². The van der Waals surface area contributed by atoms with Crippen LogP contribution in [0.3, 0.4) is 0 Å². The van der Waals surface area contributed by atoms with Crippen molar-refractivity contribution in [2.75, 3.05) is 13.1 Å². The zero-order valence-corrected chi connectivity index (χ0v) is 11.4. The van der Waals surface area contributed by atoms with Crippen molar-refractivity contribution in [2.45, 2.75) is 44.9 Å². The van der Waals surface area contributed by atoms with Crippen molar-refractivity contribution in [1.82, 2.24) is 10.2 Å². The molecular formula is C12H20N2O5. The molecular weight excluding hydrogens is 252 g/mol. The first kappa shape index (κ1) is 15.4. The van der Waals surface area contributed by atoms with Crippen molar-refractivity contribution < 1.29 is 24.2 Å². The first-order valence-electron chi connectivity index (χ1n) is 6.14. The molecule has 108 valence electrons. The molecule has 1 heterocycles. The molecule has 1 aliphatic heterocycles. The molecule has 0 aromatic carbocycles. The molecule has 0 aliphatic carbocycles. The van der Waals surface area contributed by atoms with Crippen molar-refractivity contribution in [3.05, 3.63) is 0 Å². The monoisotopic (exact) mass is 272 g/mol. The van der Waals surface area contributed by atoms with Gasteiger partial charge < -0.3 is 24.9 Å². The Labute approximate surface area is 111 Å². The molecule has 2 atom stereocenters. The average molecular weight is 272 g/mol. The Bertz CT molecular complexity index is 364. The maximum Gasteiger partial charge on any atom is 0.408 e. The molecule has 1 fully saturated rings. The summed E-state index contributed by atoms with van der Waals surface area (Å²) in [5.74, 6) is -0.417. The van der Waals surface area contributed by atoms with Gasteiger partial charge in [-0.3, -0.25) is 4.79 Å². The van der Waals surface area contributed by atoms with Crippen molar-refractivity contribution in [2.24, 2.45) is 0 Å². The number of likely N-dealkylation sites (tertiary alicyclic amines) is 1. The summed E-state index contributed by atoms with van der Waals surface area (Å²) in [4.78, 5) is 35.2. The number of alkyl carbamates (subject to hydrolysis) is 1. The second-order valence-corrected chi connectivity index (χ2v) is 5.43. The van der Waals surface area contributed by atoms with E-state index in [0.717, 1.165) is 0 Å². The first-order valence-corrected chi connectivity index (χ1v) is 6.14. The molecule has 2 unspecified atom stereocenters. The number of aliphatic hydroxyl groups is 1. The van der Waals surface area contributed by atoms with Gasteiger partial charge in [-0.1, -0.05) is 0 Å². The van der Waals surface area contributed by atoms with E-state index in [1.54, 1.807) is 20.8 Å². The molecule has 0 radical (unpaired) electrons. The van der Waals surface area contributed by atoms with Crippen LogP contribution < -0.4 is 5.32 Å². The number of nitrogens with zero attached hydrogens (tertiary/aromatic N) is 1. The summed E-state index contributed by atoms with van der Waals surface area (Å²) in [5, 5.41) is 11.8.